The standard InChI is InChI=1S/C20H28N2O2S/c1-15(2)22(5)25(23,24)20-11-9-18(10-12-20)13-21-14-19-8-6-7-16(3)17(19)4/h6-12,15,21H,13-14H2,1-5H3. The first-order chi connectivity index (χ1) is 11.7. The second kappa shape index (κ2) is 8.13. The molecule has 25 heavy (non-hydrogen) atoms. The van der Waals surface area contributed by atoms with E-state index in [1.165, 1.54) is 21.0 Å². The molecule has 0 fully saturated rings. The van der Waals surface area contributed by atoms with Crippen molar-refractivity contribution in [3.8, 4) is 0 Å². The van der Waals surface area contributed by atoms with Crippen molar-refractivity contribution in [3.05, 3.63) is 64.7 Å². The third kappa shape index (κ3) is 4.69. The average molecular weight is 361 g/mol. The smallest absolute Gasteiger partial charge is 0.243 e. The van der Waals surface area contributed by atoms with E-state index >= 15 is 0 Å². The molecule has 0 aromatic heterocycles. The van der Waals surface area contributed by atoms with Crippen molar-refractivity contribution in [3.63, 3.8) is 0 Å². The van der Waals surface area contributed by atoms with E-state index in [0.717, 1.165) is 12.1 Å². The van der Waals surface area contributed by atoms with Gasteiger partial charge in [-0.15, -0.1) is 0 Å². The van der Waals surface area contributed by atoms with E-state index in [0.29, 0.717) is 11.4 Å². The molecule has 0 saturated heterocycles. The maximum absolute atomic E-state index is 12.5. The van der Waals surface area contributed by atoms with Crippen LogP contribution in [-0.2, 0) is 23.1 Å². The lowest BCUT2D eigenvalue weighted by Gasteiger charge is -2.21. The molecule has 0 heterocycles. The monoisotopic (exact) mass is 360 g/mol. The molecule has 0 aliphatic heterocycles. The van der Waals surface area contributed by atoms with Gasteiger partial charge in [0.05, 0.1) is 4.90 Å². The van der Waals surface area contributed by atoms with Crippen molar-refractivity contribution in [1.82, 2.24) is 9.62 Å². The largest absolute Gasteiger partial charge is 0.309 e. The highest BCUT2D eigenvalue weighted by molar-refractivity contribution is 7.89. The van der Waals surface area contributed by atoms with Crippen molar-refractivity contribution < 1.29 is 8.42 Å². The molecule has 4 nitrogen and oxygen atoms in total. The summed E-state index contributed by atoms with van der Waals surface area (Å²) in [5.41, 5.74) is 4.96. The van der Waals surface area contributed by atoms with Crippen molar-refractivity contribution >= 4 is 10.0 Å². The van der Waals surface area contributed by atoms with Crippen molar-refractivity contribution in [2.45, 2.75) is 51.7 Å². The highest BCUT2D eigenvalue weighted by Gasteiger charge is 2.22. The van der Waals surface area contributed by atoms with E-state index < -0.39 is 10.0 Å². The van der Waals surface area contributed by atoms with Gasteiger partial charge in [0.2, 0.25) is 10.0 Å². The lowest BCUT2D eigenvalue weighted by molar-refractivity contribution is 0.410. The van der Waals surface area contributed by atoms with Gasteiger partial charge in [-0.3, -0.25) is 0 Å². The van der Waals surface area contributed by atoms with Crippen LogP contribution in [0.4, 0.5) is 0 Å². The number of aryl methyl sites for hydroxylation is 1. The zero-order valence-electron chi connectivity index (χ0n) is 15.7. The molecule has 0 bridgehead atoms. The molecule has 2 aromatic carbocycles. The summed E-state index contributed by atoms with van der Waals surface area (Å²) in [5, 5.41) is 3.43. The molecule has 5 heteroatoms. The van der Waals surface area contributed by atoms with Crippen molar-refractivity contribution in [1.29, 1.82) is 0 Å². The average Bonchev–Trinajstić information content (AvgIpc) is 2.58. The molecule has 2 aromatic rings. The van der Waals surface area contributed by atoms with E-state index in [2.05, 4.69) is 37.4 Å². The van der Waals surface area contributed by atoms with Gasteiger partial charge in [-0.25, -0.2) is 8.42 Å². The van der Waals surface area contributed by atoms with Gasteiger partial charge in [0, 0.05) is 26.2 Å². The number of benzene rings is 2. The summed E-state index contributed by atoms with van der Waals surface area (Å²) < 4.78 is 26.3. The lowest BCUT2D eigenvalue weighted by atomic mass is 10.0. The Morgan fingerprint density at radius 1 is 1.00 bits per heavy atom. The molecule has 0 unspecified atom stereocenters. The van der Waals surface area contributed by atoms with Crippen LogP contribution in [0.15, 0.2) is 47.4 Å². The molecule has 0 spiro atoms. The minimum Gasteiger partial charge on any atom is -0.309 e. The Hall–Kier alpha value is -1.69. The second-order valence-corrected chi connectivity index (χ2v) is 8.72. The van der Waals surface area contributed by atoms with Gasteiger partial charge in [0.1, 0.15) is 0 Å². The van der Waals surface area contributed by atoms with Crippen LogP contribution in [0.25, 0.3) is 0 Å². The van der Waals surface area contributed by atoms with Gasteiger partial charge in [-0.1, -0.05) is 30.3 Å². The predicted octanol–water partition coefficient (Wildman–Crippen LogP) is 3.62. The van der Waals surface area contributed by atoms with Gasteiger partial charge in [0.25, 0.3) is 0 Å². The Morgan fingerprint density at radius 3 is 2.24 bits per heavy atom. The number of hydrogen-bond donors (Lipinski definition) is 1. The summed E-state index contributed by atoms with van der Waals surface area (Å²) in [6.45, 7) is 9.48. The van der Waals surface area contributed by atoms with Gasteiger partial charge in [-0.2, -0.15) is 4.31 Å². The summed E-state index contributed by atoms with van der Waals surface area (Å²) in [6.07, 6.45) is 0. The molecule has 0 atom stereocenters. The Kier molecular flexibility index (Phi) is 6.38. The minimum atomic E-state index is -3.42. The Labute approximate surface area is 151 Å². The molecule has 0 aliphatic carbocycles. The zero-order valence-corrected chi connectivity index (χ0v) is 16.5. The van der Waals surface area contributed by atoms with Crippen molar-refractivity contribution in [2.75, 3.05) is 7.05 Å². The fourth-order valence-corrected chi connectivity index (χ4v) is 3.94. The topological polar surface area (TPSA) is 49.4 Å². The van der Waals surface area contributed by atoms with E-state index in [-0.39, 0.29) is 6.04 Å². The first kappa shape index (κ1) is 19.6. The molecule has 0 aliphatic rings. The number of nitrogens with zero attached hydrogens (tertiary/aromatic N) is 1. The highest BCUT2D eigenvalue weighted by atomic mass is 32.2. The highest BCUT2D eigenvalue weighted by Crippen LogP contribution is 2.17. The van der Waals surface area contributed by atoms with E-state index in [1.54, 1.807) is 19.2 Å². The summed E-state index contributed by atoms with van der Waals surface area (Å²) >= 11 is 0. The third-order valence-electron chi connectivity index (χ3n) is 4.69. The van der Waals surface area contributed by atoms with Gasteiger partial charge < -0.3 is 5.32 Å². The predicted molar refractivity (Wildman–Crippen MR) is 103 cm³/mol. The normalized spacial score (nSPS) is 12.1. The summed E-state index contributed by atoms with van der Waals surface area (Å²) in [5.74, 6) is 0. The van der Waals surface area contributed by atoms with Crippen molar-refractivity contribution in [2.24, 2.45) is 0 Å². The number of sulfonamides is 1. The summed E-state index contributed by atoms with van der Waals surface area (Å²) in [4.78, 5) is 0.335. The van der Waals surface area contributed by atoms with Gasteiger partial charge in [-0.05, 0) is 62.1 Å². The Morgan fingerprint density at radius 2 is 1.64 bits per heavy atom. The van der Waals surface area contributed by atoms with E-state index in [4.69, 9.17) is 0 Å². The van der Waals surface area contributed by atoms with Gasteiger partial charge in [0.15, 0.2) is 0 Å². The summed E-state index contributed by atoms with van der Waals surface area (Å²) in [6, 6.07) is 13.4. The molecule has 136 valence electrons. The minimum absolute atomic E-state index is 0.0658. The van der Waals surface area contributed by atoms with Crippen LogP contribution in [0.1, 0.15) is 36.1 Å². The lowest BCUT2D eigenvalue weighted by Crippen LogP contribution is -2.33. The zero-order chi connectivity index (χ0) is 18.6. The van der Waals surface area contributed by atoms with Crippen LogP contribution < -0.4 is 5.32 Å². The fraction of sp³-hybridized carbons (Fsp3) is 0.400. The fourth-order valence-electron chi connectivity index (χ4n) is 2.57. The molecule has 1 N–H and O–H groups in total. The quantitative estimate of drug-likeness (QED) is 0.820. The number of hydrogen-bond acceptors (Lipinski definition) is 3. The Balaban J connectivity index is 2.00. The van der Waals surface area contributed by atoms with Gasteiger partial charge >= 0.3 is 0 Å². The molecular formula is C20H28N2O2S. The summed E-state index contributed by atoms with van der Waals surface area (Å²) in [7, 11) is -1.81. The first-order valence-electron chi connectivity index (χ1n) is 8.56. The molecule has 0 saturated carbocycles. The second-order valence-electron chi connectivity index (χ2n) is 6.72. The van der Waals surface area contributed by atoms with Crippen LogP contribution in [0.2, 0.25) is 0 Å². The van der Waals surface area contributed by atoms with Crippen LogP contribution >= 0.6 is 0 Å². The SMILES string of the molecule is Cc1cccc(CNCc2ccc(S(=O)(=O)N(C)C(C)C)cc2)c1C. The Bertz CT molecular complexity index is 812. The van der Waals surface area contributed by atoms with Crippen LogP contribution in [-0.4, -0.2) is 25.8 Å². The first-order valence-corrected chi connectivity index (χ1v) is 10.00. The molecule has 2 rings (SSSR count). The van der Waals surface area contributed by atoms with Crippen LogP contribution in [0.5, 0.6) is 0 Å². The number of rotatable bonds is 7. The van der Waals surface area contributed by atoms with Crippen LogP contribution in [0.3, 0.4) is 0 Å². The molecule has 0 radical (unpaired) electrons. The third-order valence-corrected chi connectivity index (χ3v) is 6.74. The maximum atomic E-state index is 12.5. The maximum Gasteiger partial charge on any atom is 0.243 e. The van der Waals surface area contributed by atoms with E-state index in [9.17, 15) is 8.42 Å². The van der Waals surface area contributed by atoms with E-state index in [1.807, 2.05) is 26.0 Å². The molecule has 0 amide bonds. The van der Waals surface area contributed by atoms with Crippen LogP contribution in [0, 0.1) is 13.8 Å². The molecular weight excluding hydrogens is 332 g/mol. The number of nitrogens with one attached hydrogen (secondary N) is 1.